The molecule has 1 atom stereocenters. The van der Waals surface area contributed by atoms with Gasteiger partial charge in [0, 0.05) is 12.6 Å². The lowest BCUT2D eigenvalue weighted by Gasteiger charge is -2.29. The van der Waals surface area contributed by atoms with E-state index < -0.39 is 4.92 Å². The summed E-state index contributed by atoms with van der Waals surface area (Å²) in [5.74, 6) is 1.06. The molecule has 0 radical (unpaired) electrons. The van der Waals surface area contributed by atoms with Crippen LogP contribution in [0.25, 0.3) is 0 Å². The van der Waals surface area contributed by atoms with Crippen molar-refractivity contribution in [1.82, 2.24) is 4.90 Å². The Kier molecular flexibility index (Phi) is 5.56. The molecule has 0 saturated carbocycles. The number of aryl methyl sites for hydroxylation is 1. The van der Waals surface area contributed by atoms with Gasteiger partial charge in [-0.1, -0.05) is 24.3 Å². The number of para-hydroxylation sites is 3. The molecule has 0 aliphatic carbocycles. The van der Waals surface area contributed by atoms with Gasteiger partial charge in [-0.2, -0.15) is 0 Å². The van der Waals surface area contributed by atoms with Crippen molar-refractivity contribution in [3.63, 3.8) is 0 Å². The summed E-state index contributed by atoms with van der Waals surface area (Å²) in [5, 5.41) is 13.8. The van der Waals surface area contributed by atoms with E-state index in [1.807, 2.05) is 24.3 Å². The van der Waals surface area contributed by atoms with Crippen LogP contribution in [0.5, 0.6) is 11.5 Å². The maximum Gasteiger partial charge on any atom is 0.293 e. The van der Waals surface area contributed by atoms with Gasteiger partial charge in [-0.05, 0) is 31.7 Å². The van der Waals surface area contributed by atoms with Gasteiger partial charge in [-0.15, -0.1) is 0 Å². The smallest absolute Gasteiger partial charge is 0.293 e. The van der Waals surface area contributed by atoms with Gasteiger partial charge in [-0.25, -0.2) is 0 Å². The van der Waals surface area contributed by atoms with Crippen molar-refractivity contribution in [2.45, 2.75) is 13.0 Å². The molecule has 2 aromatic carbocycles. The molecule has 1 heterocycles. The van der Waals surface area contributed by atoms with Crippen molar-refractivity contribution in [1.29, 1.82) is 0 Å². The lowest BCUT2D eigenvalue weighted by molar-refractivity contribution is -0.384. The maximum absolute atomic E-state index is 12.3. The van der Waals surface area contributed by atoms with E-state index in [2.05, 4.69) is 5.32 Å². The zero-order valence-corrected chi connectivity index (χ0v) is 15.2. The number of rotatable bonds is 6. The third-order valence-electron chi connectivity index (χ3n) is 4.21. The third-order valence-corrected chi connectivity index (χ3v) is 4.21. The summed E-state index contributed by atoms with van der Waals surface area (Å²) in [4.78, 5) is 24.8. The average Bonchev–Trinajstić information content (AvgIpc) is 2.63. The predicted octanol–water partition coefficient (Wildman–Crippen LogP) is 2.61. The number of likely N-dealkylation sites (N-methyl/N-ethyl adjacent to an activating group) is 1. The Hall–Kier alpha value is -3.13. The summed E-state index contributed by atoms with van der Waals surface area (Å²) >= 11 is 0. The standard InChI is InChI=1S/C19H21N3O5/c1-13-6-5-7-15(22(24)25)19(13)20-18(23)11-21(2)10-14-12-26-16-8-3-4-9-17(16)27-14/h3-9,14H,10-12H2,1-2H3,(H,20,23). The highest BCUT2D eigenvalue weighted by Gasteiger charge is 2.23. The highest BCUT2D eigenvalue weighted by Crippen LogP contribution is 2.31. The van der Waals surface area contributed by atoms with Crippen LogP contribution in [0.3, 0.4) is 0 Å². The first-order valence-electron chi connectivity index (χ1n) is 8.55. The third kappa shape index (κ3) is 4.53. The largest absolute Gasteiger partial charge is 0.486 e. The number of ether oxygens (including phenoxy) is 2. The molecule has 27 heavy (non-hydrogen) atoms. The van der Waals surface area contributed by atoms with Crippen LogP contribution in [0.1, 0.15) is 5.56 Å². The average molecular weight is 371 g/mol. The summed E-state index contributed by atoms with van der Waals surface area (Å²) < 4.78 is 11.6. The van der Waals surface area contributed by atoms with Crippen LogP contribution in [0.2, 0.25) is 0 Å². The van der Waals surface area contributed by atoms with E-state index in [1.165, 1.54) is 6.07 Å². The predicted molar refractivity (Wildman–Crippen MR) is 100 cm³/mol. The quantitative estimate of drug-likeness (QED) is 0.620. The van der Waals surface area contributed by atoms with Gasteiger partial charge in [0.25, 0.3) is 5.69 Å². The Morgan fingerprint density at radius 2 is 2.00 bits per heavy atom. The topological polar surface area (TPSA) is 93.9 Å². The fourth-order valence-electron chi connectivity index (χ4n) is 2.96. The van der Waals surface area contributed by atoms with Crippen molar-refractivity contribution in [2.24, 2.45) is 0 Å². The number of nitrogens with one attached hydrogen (secondary N) is 1. The van der Waals surface area contributed by atoms with Crippen LogP contribution in [-0.4, -0.2) is 48.6 Å². The maximum atomic E-state index is 12.3. The van der Waals surface area contributed by atoms with Crippen LogP contribution >= 0.6 is 0 Å². The summed E-state index contributed by atoms with van der Waals surface area (Å²) in [6.45, 7) is 2.67. The minimum atomic E-state index is -0.503. The summed E-state index contributed by atoms with van der Waals surface area (Å²) in [5.41, 5.74) is 0.750. The minimum Gasteiger partial charge on any atom is -0.486 e. The van der Waals surface area contributed by atoms with E-state index in [4.69, 9.17) is 9.47 Å². The van der Waals surface area contributed by atoms with Gasteiger partial charge in [0.05, 0.1) is 11.5 Å². The number of amides is 1. The zero-order chi connectivity index (χ0) is 19.4. The van der Waals surface area contributed by atoms with E-state index in [0.717, 1.165) is 0 Å². The SMILES string of the molecule is Cc1cccc([N+](=O)[O-])c1NC(=O)CN(C)CC1COc2ccccc2O1. The molecular formula is C19H21N3O5. The second-order valence-electron chi connectivity index (χ2n) is 6.47. The number of nitrogens with zero attached hydrogens (tertiary/aromatic N) is 2. The number of carbonyl (C=O) groups excluding carboxylic acids is 1. The highest BCUT2D eigenvalue weighted by atomic mass is 16.6. The number of hydrogen-bond donors (Lipinski definition) is 1. The molecular weight excluding hydrogens is 350 g/mol. The van der Waals surface area contributed by atoms with Crippen molar-refractivity contribution in [2.75, 3.05) is 32.1 Å². The lowest BCUT2D eigenvalue weighted by Crippen LogP contribution is -2.42. The Morgan fingerprint density at radius 3 is 2.74 bits per heavy atom. The minimum absolute atomic E-state index is 0.0764. The number of carbonyl (C=O) groups is 1. The highest BCUT2D eigenvalue weighted by molar-refractivity contribution is 5.95. The molecule has 2 aromatic rings. The molecule has 1 amide bonds. The zero-order valence-electron chi connectivity index (χ0n) is 15.2. The first-order valence-corrected chi connectivity index (χ1v) is 8.55. The van der Waals surface area contributed by atoms with Crippen LogP contribution in [0, 0.1) is 17.0 Å². The van der Waals surface area contributed by atoms with Crippen LogP contribution in [-0.2, 0) is 4.79 Å². The van der Waals surface area contributed by atoms with Gasteiger partial charge in [0.15, 0.2) is 11.5 Å². The molecule has 8 nitrogen and oxygen atoms in total. The summed E-state index contributed by atoms with van der Waals surface area (Å²) in [6, 6.07) is 12.1. The molecule has 1 unspecified atom stereocenters. The fourth-order valence-corrected chi connectivity index (χ4v) is 2.96. The van der Waals surface area contributed by atoms with Crippen molar-refractivity contribution in [3.8, 4) is 11.5 Å². The fraction of sp³-hybridized carbons (Fsp3) is 0.316. The molecule has 0 fully saturated rings. The molecule has 8 heteroatoms. The monoisotopic (exact) mass is 371 g/mol. The first-order chi connectivity index (χ1) is 12.9. The van der Waals surface area contributed by atoms with Gasteiger partial charge in [0.2, 0.25) is 5.91 Å². The van der Waals surface area contributed by atoms with Gasteiger partial charge < -0.3 is 14.8 Å². The molecule has 142 valence electrons. The normalized spacial score (nSPS) is 15.4. The van der Waals surface area contributed by atoms with E-state index in [9.17, 15) is 14.9 Å². The van der Waals surface area contributed by atoms with Crippen molar-refractivity contribution < 1.29 is 19.2 Å². The number of hydrogen-bond acceptors (Lipinski definition) is 6. The van der Waals surface area contributed by atoms with E-state index in [0.29, 0.717) is 30.2 Å². The second-order valence-corrected chi connectivity index (χ2v) is 6.47. The Labute approximate surface area is 156 Å². The first kappa shape index (κ1) is 18.7. The lowest BCUT2D eigenvalue weighted by atomic mass is 10.1. The van der Waals surface area contributed by atoms with Gasteiger partial charge >= 0.3 is 0 Å². The molecule has 0 saturated heterocycles. The molecule has 3 rings (SSSR count). The second kappa shape index (κ2) is 8.05. The Bertz CT molecular complexity index is 855. The summed E-state index contributed by atoms with van der Waals surface area (Å²) in [6.07, 6.45) is -0.203. The number of fused-ring (bicyclic) bond motifs is 1. The number of anilines is 1. The Morgan fingerprint density at radius 1 is 1.26 bits per heavy atom. The number of nitro benzene ring substituents is 1. The number of benzene rings is 2. The van der Waals surface area contributed by atoms with Crippen LogP contribution in [0.15, 0.2) is 42.5 Å². The molecule has 0 aromatic heterocycles. The molecule has 1 aliphatic heterocycles. The molecule has 1 N–H and O–H groups in total. The molecule has 1 aliphatic rings. The van der Waals surface area contributed by atoms with Crippen molar-refractivity contribution in [3.05, 3.63) is 58.1 Å². The molecule has 0 spiro atoms. The van der Waals surface area contributed by atoms with E-state index >= 15 is 0 Å². The summed E-state index contributed by atoms with van der Waals surface area (Å²) in [7, 11) is 1.79. The van der Waals surface area contributed by atoms with E-state index in [-0.39, 0.29) is 29.9 Å². The van der Waals surface area contributed by atoms with Crippen LogP contribution < -0.4 is 14.8 Å². The molecule has 0 bridgehead atoms. The van der Waals surface area contributed by atoms with Crippen molar-refractivity contribution >= 4 is 17.3 Å². The Balaban J connectivity index is 1.57. The van der Waals surface area contributed by atoms with Gasteiger partial charge in [0.1, 0.15) is 18.4 Å². The number of nitro groups is 1. The van der Waals surface area contributed by atoms with Crippen LogP contribution in [0.4, 0.5) is 11.4 Å². The van der Waals surface area contributed by atoms with E-state index in [1.54, 1.807) is 31.0 Å². The van der Waals surface area contributed by atoms with Gasteiger partial charge in [-0.3, -0.25) is 19.8 Å².